The highest BCUT2D eigenvalue weighted by Crippen LogP contribution is 2.44. The number of amides is 2. The second-order valence-electron chi connectivity index (χ2n) is 11.9. The van der Waals surface area contributed by atoms with Crippen LogP contribution in [0.15, 0.2) is 66.7 Å². The Bertz CT molecular complexity index is 1580. The third-order valence-corrected chi connectivity index (χ3v) is 8.85. The van der Waals surface area contributed by atoms with Gasteiger partial charge in [0.05, 0.1) is 18.4 Å². The number of benzene rings is 3. The van der Waals surface area contributed by atoms with Crippen molar-refractivity contribution in [1.29, 1.82) is 0 Å². The van der Waals surface area contributed by atoms with Crippen LogP contribution in [0.5, 0.6) is 5.75 Å². The average molecular weight is 661 g/mol. The Morgan fingerprint density at radius 3 is 2.27 bits per heavy atom. The van der Waals surface area contributed by atoms with Crippen LogP contribution < -0.4 is 15.4 Å². The lowest BCUT2D eigenvalue weighted by Gasteiger charge is -2.43. The van der Waals surface area contributed by atoms with Gasteiger partial charge in [-0.15, -0.1) is 0 Å². The van der Waals surface area contributed by atoms with E-state index in [1.54, 1.807) is 18.2 Å². The number of ether oxygens (including phenoxy) is 5. The number of aliphatic hydroxyl groups is 1. The number of carbonyl (C=O) groups is 4. The number of nitrogens with one attached hydrogen (secondary N) is 2. The fraction of sp³-hybridized carbons (Fsp3) is 0.389. The predicted molar refractivity (Wildman–Crippen MR) is 174 cm³/mol. The van der Waals surface area contributed by atoms with Crippen molar-refractivity contribution in [1.82, 2.24) is 5.32 Å². The minimum Gasteiger partial charge on any atom is -0.465 e. The van der Waals surface area contributed by atoms with E-state index in [9.17, 15) is 24.3 Å². The van der Waals surface area contributed by atoms with Crippen LogP contribution in [0, 0.1) is 11.8 Å². The van der Waals surface area contributed by atoms with E-state index in [1.807, 2.05) is 50.2 Å². The van der Waals surface area contributed by atoms with Gasteiger partial charge in [0.1, 0.15) is 19.0 Å². The molecule has 12 heteroatoms. The normalized spacial score (nSPS) is 21.3. The van der Waals surface area contributed by atoms with Crippen molar-refractivity contribution < 1.29 is 48.0 Å². The van der Waals surface area contributed by atoms with Crippen LogP contribution in [-0.2, 0) is 39.9 Å². The zero-order valence-electron chi connectivity index (χ0n) is 27.0. The zero-order valence-corrected chi connectivity index (χ0v) is 27.0. The Hall–Kier alpha value is -4.94. The maximum atomic E-state index is 13.0. The summed E-state index contributed by atoms with van der Waals surface area (Å²) in [5.41, 5.74) is 5.20. The molecule has 2 aliphatic rings. The molecule has 1 aliphatic carbocycles. The molecule has 0 saturated carbocycles. The predicted octanol–water partition coefficient (Wildman–Crippen LogP) is 4.53. The number of carbonyl (C=O) groups excluding carboxylic acids is 4. The van der Waals surface area contributed by atoms with E-state index in [4.69, 9.17) is 23.7 Å². The first-order valence-electron chi connectivity index (χ1n) is 15.9. The number of aliphatic hydroxyl groups excluding tert-OH is 1. The molecule has 1 aliphatic heterocycles. The highest BCUT2D eigenvalue weighted by atomic mass is 16.7. The molecular formula is C36H40N2O10. The molecule has 1 unspecified atom stereocenters. The van der Waals surface area contributed by atoms with Gasteiger partial charge in [-0.1, -0.05) is 68.4 Å². The first kappa shape index (κ1) is 34.4. The first-order valence-corrected chi connectivity index (χ1v) is 15.9. The highest BCUT2D eigenvalue weighted by molar-refractivity contribution is 5.92. The molecule has 3 aromatic rings. The number of anilines is 1. The Kier molecular flexibility index (Phi) is 11.3. The van der Waals surface area contributed by atoms with Gasteiger partial charge in [-0.05, 0) is 45.9 Å². The number of hydrogen-bond acceptors (Lipinski definition) is 10. The van der Waals surface area contributed by atoms with Gasteiger partial charge in [0, 0.05) is 31.7 Å². The van der Waals surface area contributed by atoms with Gasteiger partial charge >= 0.3 is 12.1 Å². The van der Waals surface area contributed by atoms with Gasteiger partial charge in [-0.3, -0.25) is 14.4 Å². The van der Waals surface area contributed by atoms with E-state index in [2.05, 4.69) is 22.8 Å². The largest absolute Gasteiger partial charge is 0.465 e. The summed E-state index contributed by atoms with van der Waals surface area (Å²) in [7, 11) is 0. The molecule has 254 valence electrons. The third-order valence-electron chi connectivity index (χ3n) is 8.85. The average Bonchev–Trinajstić information content (AvgIpc) is 3.40. The van der Waals surface area contributed by atoms with Gasteiger partial charge in [0.15, 0.2) is 6.10 Å². The number of alkyl carbamates (subject to hydrolysis) is 1. The van der Waals surface area contributed by atoms with Crippen LogP contribution in [0.25, 0.3) is 11.1 Å². The third kappa shape index (κ3) is 7.95. The quantitative estimate of drug-likeness (QED) is 0.135. The van der Waals surface area contributed by atoms with E-state index < -0.39 is 36.5 Å². The summed E-state index contributed by atoms with van der Waals surface area (Å²) >= 11 is 0. The lowest BCUT2D eigenvalue weighted by Crippen LogP contribution is -2.54. The standard InChI is InChI=1S/C36H40N2O10/c1-21-22(2)34(46-23(3)41)35(48-32(21)19-44-20-40)47-31-13-12-24(17-39)16-30(31)38-33(42)14-15-37-36(43)45-18-29-27-10-6-4-8-25(27)26-9-5-7-11-28(26)29/h4-13,16,20-22,29,32,34-35,39H,14-15,17-19H2,1-3H3,(H,37,43)(H,38,42)/t21-,22-,32+,34+,35?/m0/s1. The summed E-state index contributed by atoms with van der Waals surface area (Å²) in [4.78, 5) is 48.3. The topological polar surface area (TPSA) is 159 Å². The monoisotopic (exact) mass is 660 g/mol. The minimum atomic E-state index is -1.09. The number of rotatable bonds is 13. The number of esters is 1. The molecule has 2 amide bonds. The van der Waals surface area contributed by atoms with Crippen molar-refractivity contribution in [2.75, 3.05) is 25.1 Å². The Morgan fingerprint density at radius 1 is 0.938 bits per heavy atom. The molecular weight excluding hydrogens is 620 g/mol. The Morgan fingerprint density at radius 2 is 1.62 bits per heavy atom. The first-order chi connectivity index (χ1) is 23.2. The van der Waals surface area contributed by atoms with E-state index in [0.717, 1.165) is 22.3 Å². The summed E-state index contributed by atoms with van der Waals surface area (Å²) in [6, 6.07) is 20.8. The smallest absolute Gasteiger partial charge is 0.407 e. The lowest BCUT2D eigenvalue weighted by atomic mass is 9.83. The second kappa shape index (κ2) is 15.8. The highest BCUT2D eigenvalue weighted by Gasteiger charge is 2.45. The van der Waals surface area contributed by atoms with Crippen molar-refractivity contribution in [2.24, 2.45) is 11.8 Å². The van der Waals surface area contributed by atoms with Crippen LogP contribution in [0.1, 0.15) is 49.8 Å². The van der Waals surface area contributed by atoms with Crippen molar-refractivity contribution >= 4 is 30.1 Å². The molecule has 1 heterocycles. The van der Waals surface area contributed by atoms with Crippen molar-refractivity contribution in [3.8, 4) is 16.9 Å². The van der Waals surface area contributed by atoms with E-state index >= 15 is 0 Å². The molecule has 48 heavy (non-hydrogen) atoms. The van der Waals surface area contributed by atoms with Gasteiger partial charge in [-0.25, -0.2) is 4.79 Å². The van der Waals surface area contributed by atoms with Crippen LogP contribution in [-0.4, -0.2) is 67.8 Å². The van der Waals surface area contributed by atoms with Crippen molar-refractivity contribution in [3.05, 3.63) is 83.4 Å². The van der Waals surface area contributed by atoms with Crippen LogP contribution in [0.2, 0.25) is 0 Å². The van der Waals surface area contributed by atoms with Crippen molar-refractivity contribution in [3.63, 3.8) is 0 Å². The van der Waals surface area contributed by atoms with Crippen LogP contribution in [0.4, 0.5) is 10.5 Å². The molecule has 0 aromatic heterocycles. The van der Waals surface area contributed by atoms with Gasteiger partial charge in [-0.2, -0.15) is 0 Å². The Labute approximate surface area is 278 Å². The van der Waals surface area contributed by atoms with E-state index in [1.165, 1.54) is 6.92 Å². The molecule has 5 rings (SSSR count). The molecule has 0 radical (unpaired) electrons. The lowest BCUT2D eigenvalue weighted by molar-refractivity contribution is -0.252. The molecule has 3 N–H and O–H groups in total. The number of fused-ring (bicyclic) bond motifs is 3. The number of hydrogen-bond donors (Lipinski definition) is 3. The summed E-state index contributed by atoms with van der Waals surface area (Å²) in [5.74, 6) is -1.22. The summed E-state index contributed by atoms with van der Waals surface area (Å²) in [6.45, 7) is 5.24. The second-order valence-corrected chi connectivity index (χ2v) is 11.9. The maximum Gasteiger partial charge on any atom is 0.407 e. The van der Waals surface area contributed by atoms with Crippen LogP contribution >= 0.6 is 0 Å². The van der Waals surface area contributed by atoms with Crippen LogP contribution in [0.3, 0.4) is 0 Å². The maximum absolute atomic E-state index is 13.0. The van der Waals surface area contributed by atoms with E-state index in [-0.39, 0.29) is 62.0 Å². The molecule has 1 saturated heterocycles. The zero-order chi connectivity index (χ0) is 34.2. The fourth-order valence-electron chi connectivity index (χ4n) is 6.18. The Balaban J connectivity index is 1.19. The van der Waals surface area contributed by atoms with Gasteiger partial charge in [0.25, 0.3) is 6.47 Å². The molecule has 3 aromatic carbocycles. The summed E-state index contributed by atoms with van der Waals surface area (Å²) in [6.07, 6.45) is -3.15. The van der Waals surface area contributed by atoms with Gasteiger partial charge in [0.2, 0.25) is 12.2 Å². The molecule has 0 bridgehead atoms. The van der Waals surface area contributed by atoms with Gasteiger partial charge < -0.3 is 39.4 Å². The molecule has 12 nitrogen and oxygen atoms in total. The molecule has 1 fully saturated rings. The summed E-state index contributed by atoms with van der Waals surface area (Å²) in [5, 5.41) is 15.1. The summed E-state index contributed by atoms with van der Waals surface area (Å²) < 4.78 is 28.3. The van der Waals surface area contributed by atoms with E-state index in [0.29, 0.717) is 12.0 Å². The molecule has 0 spiro atoms. The SMILES string of the molecule is CC(=O)O[C@H]1C(Oc2ccc(CO)cc2NC(=O)CCNC(=O)OCC2c3ccccc3-c3ccccc32)O[C@H](COC=O)[C@@H](C)[C@@H]1C. The van der Waals surface area contributed by atoms with Crippen molar-refractivity contribution in [2.45, 2.75) is 58.2 Å². The molecule has 5 atom stereocenters. The fourth-order valence-corrected chi connectivity index (χ4v) is 6.18. The minimum absolute atomic E-state index is 0.00641.